The maximum Gasteiger partial charge on any atom is 0.263 e. The van der Waals surface area contributed by atoms with Crippen LogP contribution in [0.4, 0.5) is 0 Å². The van der Waals surface area contributed by atoms with Gasteiger partial charge in [0, 0.05) is 32.7 Å². The predicted molar refractivity (Wildman–Crippen MR) is 86.0 cm³/mol. The van der Waals surface area contributed by atoms with Crippen LogP contribution in [0.3, 0.4) is 0 Å². The number of carbonyl (C=O) groups excluding carboxylic acids is 1. The fourth-order valence-corrected chi connectivity index (χ4v) is 2.69. The van der Waals surface area contributed by atoms with Gasteiger partial charge in [0.15, 0.2) is 6.10 Å². The molecule has 0 aromatic heterocycles. The standard InChI is InChI=1S/C17H26N2O3/c1-3-15(22-16-7-5-4-6-14(16)2)17(21)19-10-8-18(9-11-19)12-13-20/h4-7,15,20H,3,8-13H2,1-2H3. The molecule has 1 N–H and O–H groups in total. The van der Waals surface area contributed by atoms with Gasteiger partial charge in [0.2, 0.25) is 0 Å². The zero-order valence-corrected chi connectivity index (χ0v) is 13.5. The van der Waals surface area contributed by atoms with Crippen LogP contribution in [0.25, 0.3) is 0 Å². The molecule has 0 radical (unpaired) electrons. The molecule has 1 heterocycles. The third-order valence-electron chi connectivity index (χ3n) is 4.11. The molecule has 1 unspecified atom stereocenters. The van der Waals surface area contributed by atoms with E-state index in [0.29, 0.717) is 26.1 Å². The van der Waals surface area contributed by atoms with Crippen LogP contribution in [0.1, 0.15) is 18.9 Å². The lowest BCUT2D eigenvalue weighted by molar-refractivity contribution is -0.140. The number of aliphatic hydroxyl groups is 1. The molecule has 122 valence electrons. The van der Waals surface area contributed by atoms with Gasteiger partial charge in [0.1, 0.15) is 5.75 Å². The van der Waals surface area contributed by atoms with Gasteiger partial charge in [-0.25, -0.2) is 0 Å². The first-order valence-electron chi connectivity index (χ1n) is 8.00. The minimum atomic E-state index is -0.425. The van der Waals surface area contributed by atoms with Crippen LogP contribution < -0.4 is 4.74 Å². The molecule has 1 saturated heterocycles. The van der Waals surface area contributed by atoms with Gasteiger partial charge in [-0.1, -0.05) is 25.1 Å². The fraction of sp³-hybridized carbons (Fsp3) is 0.588. The number of β-amino-alcohol motifs (C(OH)–C–C–N with tert-alkyl or cyclic N) is 1. The van der Waals surface area contributed by atoms with Crippen LogP contribution in [-0.4, -0.2) is 66.2 Å². The Morgan fingerprint density at radius 2 is 1.95 bits per heavy atom. The third-order valence-corrected chi connectivity index (χ3v) is 4.11. The van der Waals surface area contributed by atoms with E-state index in [4.69, 9.17) is 9.84 Å². The van der Waals surface area contributed by atoms with Gasteiger partial charge in [-0.3, -0.25) is 9.69 Å². The van der Waals surface area contributed by atoms with Crippen molar-refractivity contribution in [3.63, 3.8) is 0 Å². The summed E-state index contributed by atoms with van der Waals surface area (Å²) >= 11 is 0. The van der Waals surface area contributed by atoms with E-state index in [-0.39, 0.29) is 12.5 Å². The number of aliphatic hydroxyl groups excluding tert-OH is 1. The fourth-order valence-electron chi connectivity index (χ4n) is 2.69. The molecule has 5 heteroatoms. The molecule has 2 rings (SSSR count). The smallest absolute Gasteiger partial charge is 0.263 e. The number of ether oxygens (including phenoxy) is 1. The number of carbonyl (C=O) groups is 1. The molecule has 22 heavy (non-hydrogen) atoms. The van der Waals surface area contributed by atoms with Crippen LogP contribution in [0.5, 0.6) is 5.75 Å². The van der Waals surface area contributed by atoms with Crippen molar-refractivity contribution < 1.29 is 14.6 Å². The number of amides is 1. The monoisotopic (exact) mass is 306 g/mol. The van der Waals surface area contributed by atoms with E-state index < -0.39 is 6.10 Å². The molecule has 0 spiro atoms. The van der Waals surface area contributed by atoms with Crippen molar-refractivity contribution in [3.8, 4) is 5.75 Å². The van der Waals surface area contributed by atoms with E-state index in [9.17, 15) is 4.79 Å². The largest absolute Gasteiger partial charge is 0.480 e. The van der Waals surface area contributed by atoms with Crippen LogP contribution in [0.15, 0.2) is 24.3 Å². The molecule has 5 nitrogen and oxygen atoms in total. The minimum Gasteiger partial charge on any atom is -0.480 e. The Labute approximate surface area is 132 Å². The molecule has 1 aliphatic heterocycles. The normalized spacial score (nSPS) is 17.3. The molecule has 1 fully saturated rings. The number of para-hydroxylation sites is 1. The molecule has 1 aromatic carbocycles. The molecule has 0 aliphatic carbocycles. The SMILES string of the molecule is CCC(Oc1ccccc1C)C(=O)N1CCN(CCO)CC1. The van der Waals surface area contributed by atoms with Gasteiger partial charge in [-0.15, -0.1) is 0 Å². The van der Waals surface area contributed by atoms with Crippen LogP contribution >= 0.6 is 0 Å². The van der Waals surface area contributed by atoms with Crippen molar-refractivity contribution in [3.05, 3.63) is 29.8 Å². The summed E-state index contributed by atoms with van der Waals surface area (Å²) in [6.45, 7) is 7.84. The predicted octanol–water partition coefficient (Wildman–Crippen LogP) is 1.29. The quantitative estimate of drug-likeness (QED) is 0.860. The lowest BCUT2D eigenvalue weighted by Crippen LogP contribution is -2.52. The molecule has 1 amide bonds. The highest BCUT2D eigenvalue weighted by molar-refractivity contribution is 5.81. The molecular formula is C17H26N2O3. The first kappa shape index (κ1) is 16.8. The van der Waals surface area contributed by atoms with Crippen molar-refractivity contribution >= 4 is 5.91 Å². The highest BCUT2D eigenvalue weighted by Gasteiger charge is 2.27. The van der Waals surface area contributed by atoms with E-state index in [1.54, 1.807) is 0 Å². The van der Waals surface area contributed by atoms with E-state index in [2.05, 4.69) is 4.90 Å². The Balaban J connectivity index is 1.94. The molecule has 0 bridgehead atoms. The van der Waals surface area contributed by atoms with Gasteiger partial charge in [0.05, 0.1) is 6.61 Å². The minimum absolute atomic E-state index is 0.0643. The third kappa shape index (κ3) is 4.21. The number of piperazine rings is 1. The molecule has 1 atom stereocenters. The van der Waals surface area contributed by atoms with Gasteiger partial charge < -0.3 is 14.7 Å². The van der Waals surface area contributed by atoms with Crippen molar-refractivity contribution in [2.24, 2.45) is 0 Å². The Hall–Kier alpha value is -1.59. The Morgan fingerprint density at radius 3 is 2.55 bits per heavy atom. The zero-order valence-electron chi connectivity index (χ0n) is 13.5. The average molecular weight is 306 g/mol. The summed E-state index contributed by atoms with van der Waals surface area (Å²) < 4.78 is 5.94. The van der Waals surface area contributed by atoms with Gasteiger partial charge in [0.25, 0.3) is 5.91 Å². The van der Waals surface area contributed by atoms with E-state index in [1.807, 2.05) is 43.0 Å². The highest BCUT2D eigenvalue weighted by Crippen LogP contribution is 2.20. The summed E-state index contributed by atoms with van der Waals surface area (Å²) in [4.78, 5) is 16.7. The van der Waals surface area contributed by atoms with E-state index in [1.165, 1.54) is 0 Å². The lowest BCUT2D eigenvalue weighted by atomic mass is 10.2. The second-order valence-corrected chi connectivity index (χ2v) is 5.67. The van der Waals surface area contributed by atoms with Crippen LogP contribution in [0.2, 0.25) is 0 Å². The number of benzene rings is 1. The van der Waals surface area contributed by atoms with Gasteiger partial charge >= 0.3 is 0 Å². The zero-order chi connectivity index (χ0) is 15.9. The Morgan fingerprint density at radius 1 is 1.27 bits per heavy atom. The van der Waals surface area contributed by atoms with Crippen molar-refractivity contribution in [2.75, 3.05) is 39.3 Å². The second kappa shape index (κ2) is 8.15. The van der Waals surface area contributed by atoms with Crippen LogP contribution in [-0.2, 0) is 4.79 Å². The number of hydrogen-bond acceptors (Lipinski definition) is 4. The number of nitrogens with zero attached hydrogens (tertiary/aromatic N) is 2. The number of hydrogen-bond donors (Lipinski definition) is 1. The second-order valence-electron chi connectivity index (χ2n) is 5.67. The summed E-state index contributed by atoms with van der Waals surface area (Å²) in [7, 11) is 0. The van der Waals surface area contributed by atoms with Crippen molar-refractivity contribution in [1.82, 2.24) is 9.80 Å². The summed E-state index contributed by atoms with van der Waals surface area (Å²) in [5, 5.41) is 8.97. The summed E-state index contributed by atoms with van der Waals surface area (Å²) in [6, 6.07) is 7.78. The Kier molecular flexibility index (Phi) is 6.21. The molecule has 1 aromatic rings. The first-order valence-corrected chi connectivity index (χ1v) is 8.00. The van der Waals surface area contributed by atoms with E-state index in [0.717, 1.165) is 24.4 Å². The summed E-state index contributed by atoms with van der Waals surface area (Å²) in [5.74, 6) is 0.844. The maximum absolute atomic E-state index is 12.6. The highest BCUT2D eigenvalue weighted by atomic mass is 16.5. The van der Waals surface area contributed by atoms with Gasteiger partial charge in [-0.2, -0.15) is 0 Å². The summed E-state index contributed by atoms with van der Waals surface area (Å²) in [5.41, 5.74) is 1.04. The van der Waals surface area contributed by atoms with Crippen molar-refractivity contribution in [2.45, 2.75) is 26.4 Å². The lowest BCUT2D eigenvalue weighted by Gasteiger charge is -2.36. The molecule has 1 aliphatic rings. The van der Waals surface area contributed by atoms with Crippen molar-refractivity contribution in [1.29, 1.82) is 0 Å². The Bertz CT molecular complexity index is 485. The molecule has 0 saturated carbocycles. The number of rotatable bonds is 6. The maximum atomic E-state index is 12.6. The average Bonchev–Trinajstić information content (AvgIpc) is 2.54. The first-order chi connectivity index (χ1) is 10.7. The molecular weight excluding hydrogens is 280 g/mol. The van der Waals surface area contributed by atoms with E-state index >= 15 is 0 Å². The summed E-state index contributed by atoms with van der Waals surface area (Å²) in [6.07, 6.45) is 0.231. The van der Waals surface area contributed by atoms with Crippen LogP contribution in [0, 0.1) is 6.92 Å². The van der Waals surface area contributed by atoms with Gasteiger partial charge in [-0.05, 0) is 25.0 Å². The number of aryl methyl sites for hydroxylation is 1. The topological polar surface area (TPSA) is 53.0 Å².